The maximum absolute atomic E-state index is 10.1. The highest BCUT2D eigenvalue weighted by Crippen LogP contribution is 2.22. The average Bonchev–Trinajstić information content (AvgIpc) is 2.72. The van der Waals surface area contributed by atoms with E-state index >= 15 is 0 Å². The van der Waals surface area contributed by atoms with Crippen molar-refractivity contribution in [3.05, 3.63) is 16.6 Å². The van der Waals surface area contributed by atoms with Crippen LogP contribution in [0.1, 0.15) is 31.5 Å². The highest BCUT2D eigenvalue weighted by atomic mass is 32.1. The van der Waals surface area contributed by atoms with Crippen molar-refractivity contribution in [1.29, 1.82) is 0 Å². The molecular weight excluding hydrogens is 196 g/mol. The molecule has 73 valence electrons. The van der Waals surface area contributed by atoms with Crippen LogP contribution < -0.4 is 0 Å². The van der Waals surface area contributed by atoms with E-state index in [1.165, 1.54) is 0 Å². The zero-order valence-corrected chi connectivity index (χ0v) is 8.73. The molecule has 1 N–H and O–H groups in total. The first-order valence-electron chi connectivity index (χ1n) is 4.58. The van der Waals surface area contributed by atoms with Gasteiger partial charge in [-0.1, -0.05) is 6.92 Å². The molecule has 0 aromatic carbocycles. The van der Waals surface area contributed by atoms with Gasteiger partial charge in [0.2, 0.25) is 0 Å². The van der Waals surface area contributed by atoms with Gasteiger partial charge in [-0.3, -0.25) is 4.79 Å². The van der Waals surface area contributed by atoms with Crippen LogP contribution in [0, 0.1) is 0 Å². The summed E-state index contributed by atoms with van der Waals surface area (Å²) in [5, 5.41) is 4.07. The second kappa shape index (κ2) is 3.92. The summed E-state index contributed by atoms with van der Waals surface area (Å²) in [5.41, 5.74) is 2.11. The van der Waals surface area contributed by atoms with Gasteiger partial charge in [-0.05, 0) is 6.42 Å². The third-order valence-corrected chi connectivity index (χ3v) is 3.02. The summed E-state index contributed by atoms with van der Waals surface area (Å²) in [6.45, 7) is 2.07. The van der Waals surface area contributed by atoms with Gasteiger partial charge in [0.25, 0.3) is 0 Å². The number of aromatic nitrogens is 2. The molecule has 3 nitrogen and oxygen atoms in total. The first-order valence-corrected chi connectivity index (χ1v) is 5.52. The van der Waals surface area contributed by atoms with E-state index in [9.17, 15) is 4.79 Å². The minimum atomic E-state index is 0.300. The van der Waals surface area contributed by atoms with Gasteiger partial charge in [-0.2, -0.15) is 0 Å². The van der Waals surface area contributed by atoms with Crippen molar-refractivity contribution in [2.45, 2.75) is 25.7 Å². The van der Waals surface area contributed by atoms with Crippen molar-refractivity contribution in [1.82, 2.24) is 9.97 Å². The molecule has 0 spiro atoms. The molecule has 2 aromatic heterocycles. The molecule has 0 fully saturated rings. The maximum Gasteiger partial charge on any atom is 0.198 e. The summed E-state index contributed by atoms with van der Waals surface area (Å²) in [6.07, 6.45) is 3.20. The van der Waals surface area contributed by atoms with Crippen molar-refractivity contribution < 1.29 is 4.79 Å². The Bertz CT molecular complexity index is 403. The Morgan fingerprint density at radius 2 is 2.50 bits per heavy atom. The Hall–Kier alpha value is -1.16. The number of nitrogens with zero attached hydrogens (tertiary/aromatic N) is 1. The van der Waals surface area contributed by atoms with Crippen molar-refractivity contribution in [3.63, 3.8) is 0 Å². The van der Waals surface area contributed by atoms with Crippen molar-refractivity contribution in [3.8, 4) is 0 Å². The molecule has 0 aliphatic carbocycles. The van der Waals surface area contributed by atoms with Gasteiger partial charge in [0.1, 0.15) is 5.82 Å². The van der Waals surface area contributed by atoms with Crippen LogP contribution in [-0.2, 0) is 4.79 Å². The van der Waals surface area contributed by atoms with E-state index in [-0.39, 0.29) is 0 Å². The fraction of sp³-hybridized carbons (Fsp3) is 0.400. The van der Waals surface area contributed by atoms with Crippen LogP contribution in [0.4, 0.5) is 0 Å². The first kappa shape index (κ1) is 9.40. The molecule has 1 radical (unpaired) electrons. The third-order valence-electron chi connectivity index (χ3n) is 2.29. The van der Waals surface area contributed by atoms with Gasteiger partial charge in [-0.15, -0.1) is 11.3 Å². The fourth-order valence-corrected chi connectivity index (χ4v) is 2.10. The van der Waals surface area contributed by atoms with Gasteiger partial charge in [0, 0.05) is 23.1 Å². The lowest BCUT2D eigenvalue weighted by atomic mass is 10.1. The van der Waals surface area contributed by atoms with Gasteiger partial charge in [0.15, 0.2) is 6.29 Å². The zero-order valence-electron chi connectivity index (χ0n) is 7.91. The summed E-state index contributed by atoms with van der Waals surface area (Å²) in [7, 11) is 0. The Morgan fingerprint density at radius 1 is 1.64 bits per heavy atom. The maximum atomic E-state index is 10.1. The van der Waals surface area contributed by atoms with E-state index in [2.05, 4.69) is 16.9 Å². The van der Waals surface area contributed by atoms with Crippen LogP contribution in [0.3, 0.4) is 0 Å². The predicted octanol–water partition coefficient (Wildman–Crippen LogP) is 2.62. The monoisotopic (exact) mass is 207 g/mol. The summed E-state index contributed by atoms with van der Waals surface area (Å²) < 4.78 is 0. The van der Waals surface area contributed by atoms with E-state index in [4.69, 9.17) is 0 Å². The van der Waals surface area contributed by atoms with Crippen LogP contribution >= 0.6 is 11.3 Å². The Kier molecular flexibility index (Phi) is 2.63. The summed E-state index contributed by atoms with van der Waals surface area (Å²) in [5.74, 6) is 1.27. The molecule has 2 rings (SSSR count). The standard InChI is InChI=1S/C10H11N2OS/c1-7(3-2-4-13)10-11-8-5-14-6-9(8)12-10/h5-7H,2-3H2,1H3,(H,11,12)/t7-/m1/s1. The molecule has 0 saturated carbocycles. The number of carbonyl (C=O) groups excluding carboxylic acids is 1. The minimum absolute atomic E-state index is 0.300. The molecule has 0 bridgehead atoms. The largest absolute Gasteiger partial charge is 0.341 e. The van der Waals surface area contributed by atoms with Crippen LogP contribution in [0.2, 0.25) is 0 Å². The summed E-state index contributed by atoms with van der Waals surface area (Å²) in [6, 6.07) is 0. The number of fused-ring (bicyclic) bond motifs is 1. The molecule has 0 amide bonds. The molecule has 14 heavy (non-hydrogen) atoms. The van der Waals surface area contributed by atoms with Gasteiger partial charge >= 0.3 is 0 Å². The van der Waals surface area contributed by atoms with Gasteiger partial charge in [0.05, 0.1) is 11.0 Å². The van der Waals surface area contributed by atoms with Crippen LogP contribution in [0.15, 0.2) is 10.8 Å². The Morgan fingerprint density at radius 3 is 3.21 bits per heavy atom. The number of H-pyrrole nitrogens is 1. The third kappa shape index (κ3) is 1.70. The lowest BCUT2D eigenvalue weighted by molar-refractivity contribution is 0.541. The number of hydrogen-bond acceptors (Lipinski definition) is 3. The quantitative estimate of drug-likeness (QED) is 0.837. The number of imidazole rings is 1. The van der Waals surface area contributed by atoms with Crippen LogP contribution in [0.5, 0.6) is 0 Å². The number of nitrogens with one attached hydrogen (secondary N) is 1. The van der Waals surface area contributed by atoms with E-state index in [0.29, 0.717) is 12.3 Å². The lowest BCUT2D eigenvalue weighted by Crippen LogP contribution is -1.96. The molecule has 1 atom stereocenters. The number of aromatic amines is 1. The second-order valence-corrected chi connectivity index (χ2v) is 4.12. The highest BCUT2D eigenvalue weighted by Gasteiger charge is 2.10. The summed E-state index contributed by atoms with van der Waals surface area (Å²) in [4.78, 5) is 17.8. The van der Waals surface area contributed by atoms with E-state index in [1.54, 1.807) is 11.3 Å². The zero-order chi connectivity index (χ0) is 9.97. The SMILES string of the molecule is C[C@H](CC[C]=O)c1nc2cscc2[nH]1. The van der Waals surface area contributed by atoms with Crippen LogP contribution in [0.25, 0.3) is 11.0 Å². The highest BCUT2D eigenvalue weighted by molar-refractivity contribution is 7.09. The van der Waals surface area contributed by atoms with E-state index < -0.39 is 0 Å². The lowest BCUT2D eigenvalue weighted by Gasteiger charge is -2.04. The molecule has 0 saturated heterocycles. The van der Waals surface area contributed by atoms with E-state index in [1.807, 2.05) is 17.0 Å². The number of rotatable bonds is 4. The molecule has 4 heteroatoms. The Labute approximate surface area is 86.2 Å². The van der Waals surface area contributed by atoms with Gasteiger partial charge < -0.3 is 4.98 Å². The predicted molar refractivity (Wildman–Crippen MR) is 57.3 cm³/mol. The molecule has 2 heterocycles. The number of hydrogen-bond donors (Lipinski definition) is 1. The van der Waals surface area contributed by atoms with Gasteiger partial charge in [-0.25, -0.2) is 4.98 Å². The van der Waals surface area contributed by atoms with Crippen LogP contribution in [-0.4, -0.2) is 16.3 Å². The fourth-order valence-electron chi connectivity index (χ4n) is 1.41. The smallest absolute Gasteiger partial charge is 0.198 e. The second-order valence-electron chi connectivity index (χ2n) is 3.38. The number of thiophene rings is 1. The summed E-state index contributed by atoms with van der Waals surface area (Å²) >= 11 is 1.64. The van der Waals surface area contributed by atoms with Crippen molar-refractivity contribution in [2.24, 2.45) is 0 Å². The topological polar surface area (TPSA) is 45.8 Å². The van der Waals surface area contributed by atoms with Crippen molar-refractivity contribution in [2.75, 3.05) is 0 Å². The molecule has 0 aliphatic heterocycles. The minimum Gasteiger partial charge on any atom is -0.341 e. The van der Waals surface area contributed by atoms with Crippen molar-refractivity contribution >= 4 is 28.7 Å². The molecule has 0 aliphatic rings. The first-order chi connectivity index (χ1) is 6.81. The van der Waals surface area contributed by atoms with E-state index in [0.717, 1.165) is 23.3 Å². The average molecular weight is 207 g/mol. The normalized spacial score (nSPS) is 13.2. The molecule has 2 aromatic rings. The molecular formula is C10H11N2OS. The Balaban J connectivity index is 2.17. The molecule has 0 unspecified atom stereocenters.